The second kappa shape index (κ2) is 8.49. The number of carbonyl (C=O) groups is 1. The molecule has 0 bridgehead atoms. The van der Waals surface area contributed by atoms with E-state index in [1.807, 2.05) is 11.0 Å². The molecule has 1 amide bonds. The van der Waals surface area contributed by atoms with Gasteiger partial charge in [-0.25, -0.2) is 0 Å². The highest BCUT2D eigenvalue weighted by Crippen LogP contribution is 2.20. The first-order valence-corrected chi connectivity index (χ1v) is 9.80. The summed E-state index contributed by atoms with van der Waals surface area (Å²) in [6.45, 7) is 10.1. The highest BCUT2D eigenvalue weighted by Gasteiger charge is 2.25. The molecule has 1 aromatic heterocycles. The Balaban J connectivity index is 1.61. The van der Waals surface area contributed by atoms with E-state index in [1.54, 1.807) is 0 Å². The number of rotatable bonds is 6. The Morgan fingerprint density at radius 3 is 2.46 bits per heavy atom. The van der Waals surface area contributed by atoms with E-state index in [9.17, 15) is 4.79 Å². The number of H-pyrrole nitrogens is 1. The molecule has 5 nitrogen and oxygen atoms in total. The summed E-state index contributed by atoms with van der Waals surface area (Å²) in [4.78, 5) is 17.2. The second-order valence-corrected chi connectivity index (χ2v) is 7.18. The highest BCUT2D eigenvalue weighted by atomic mass is 16.2. The first-order chi connectivity index (χ1) is 12.6. The Labute approximate surface area is 156 Å². The van der Waals surface area contributed by atoms with Crippen LogP contribution < -0.4 is 0 Å². The van der Waals surface area contributed by atoms with Gasteiger partial charge in [-0.2, -0.15) is 5.10 Å². The minimum absolute atomic E-state index is 0.0525. The van der Waals surface area contributed by atoms with E-state index in [0.717, 1.165) is 43.9 Å². The third-order valence-corrected chi connectivity index (χ3v) is 5.40. The predicted octanol–water partition coefficient (Wildman–Crippen LogP) is 3.59. The van der Waals surface area contributed by atoms with Gasteiger partial charge in [0.05, 0.1) is 5.69 Å². The fourth-order valence-electron chi connectivity index (χ4n) is 3.63. The number of aromatic amines is 1. The van der Waals surface area contributed by atoms with E-state index < -0.39 is 0 Å². The first-order valence-electron chi connectivity index (χ1n) is 9.80. The summed E-state index contributed by atoms with van der Waals surface area (Å²) in [6.07, 6.45) is 3.44. The van der Waals surface area contributed by atoms with Crippen molar-refractivity contribution in [1.29, 1.82) is 0 Å². The number of aryl methyl sites for hydroxylation is 1. The van der Waals surface area contributed by atoms with Crippen LogP contribution in [0.2, 0.25) is 0 Å². The van der Waals surface area contributed by atoms with Crippen molar-refractivity contribution >= 4 is 5.91 Å². The van der Waals surface area contributed by atoms with E-state index in [0.29, 0.717) is 11.7 Å². The summed E-state index contributed by atoms with van der Waals surface area (Å²) in [7, 11) is 0. The Hall–Kier alpha value is -2.14. The fourth-order valence-corrected chi connectivity index (χ4v) is 3.63. The van der Waals surface area contributed by atoms with Crippen LogP contribution in [0.5, 0.6) is 0 Å². The number of piperazine rings is 1. The van der Waals surface area contributed by atoms with Gasteiger partial charge in [0, 0.05) is 37.8 Å². The lowest BCUT2D eigenvalue weighted by Gasteiger charge is -2.37. The molecule has 1 aliphatic rings. The number of hydrogen-bond donors (Lipinski definition) is 1. The molecule has 3 rings (SSSR count). The predicted molar refractivity (Wildman–Crippen MR) is 105 cm³/mol. The summed E-state index contributed by atoms with van der Waals surface area (Å²) >= 11 is 0. The molecule has 1 fully saturated rings. The smallest absolute Gasteiger partial charge is 0.271 e. The minimum atomic E-state index is 0.0525. The molecule has 0 unspecified atom stereocenters. The molecule has 1 aliphatic heterocycles. The molecule has 5 heteroatoms. The zero-order valence-corrected chi connectivity index (χ0v) is 16.2. The first kappa shape index (κ1) is 18.6. The highest BCUT2D eigenvalue weighted by molar-refractivity contribution is 5.93. The number of nitrogens with zero attached hydrogens (tertiary/aromatic N) is 3. The number of nitrogens with one attached hydrogen (secondary N) is 1. The molecule has 0 radical (unpaired) electrons. The lowest BCUT2D eigenvalue weighted by Crippen LogP contribution is -2.51. The molecule has 1 atom stereocenters. The monoisotopic (exact) mass is 354 g/mol. The Bertz CT molecular complexity index is 714. The van der Waals surface area contributed by atoms with Crippen LogP contribution in [0.1, 0.15) is 49.7 Å². The Morgan fingerprint density at radius 2 is 1.85 bits per heavy atom. The average molecular weight is 354 g/mol. The Kier molecular flexibility index (Phi) is 6.09. The van der Waals surface area contributed by atoms with Crippen molar-refractivity contribution < 1.29 is 4.79 Å². The maximum absolute atomic E-state index is 12.8. The quantitative estimate of drug-likeness (QED) is 0.862. The fraction of sp³-hybridized carbons (Fsp3) is 0.524. The molecule has 0 aliphatic carbocycles. The van der Waals surface area contributed by atoms with Gasteiger partial charge >= 0.3 is 0 Å². The van der Waals surface area contributed by atoms with Gasteiger partial charge in [-0.1, -0.05) is 44.5 Å². The molecule has 140 valence electrons. The van der Waals surface area contributed by atoms with Crippen molar-refractivity contribution in [3.05, 3.63) is 41.6 Å². The van der Waals surface area contributed by atoms with Crippen molar-refractivity contribution in [2.45, 2.75) is 46.1 Å². The standard InChI is InChI=1S/C21H30N4O/c1-4-6-16(3)24-11-13-25(14-12-24)21(26)20-15-19(22-23-20)18-9-7-17(5-2)8-10-18/h7-10,15-16H,4-6,11-14H2,1-3H3,(H,22,23)/t16-/m1/s1. The molecule has 1 saturated heterocycles. The molecule has 2 aromatic rings. The van der Waals surface area contributed by atoms with Crippen LogP contribution in [-0.4, -0.2) is 58.1 Å². The van der Waals surface area contributed by atoms with Crippen LogP contribution in [0.25, 0.3) is 11.3 Å². The van der Waals surface area contributed by atoms with Crippen LogP contribution in [0, 0.1) is 0 Å². The third-order valence-electron chi connectivity index (χ3n) is 5.40. The molecule has 1 N–H and O–H groups in total. The number of carbonyl (C=O) groups excluding carboxylic acids is 1. The van der Waals surface area contributed by atoms with E-state index in [2.05, 4.69) is 60.1 Å². The van der Waals surface area contributed by atoms with E-state index in [-0.39, 0.29) is 5.91 Å². The van der Waals surface area contributed by atoms with Gasteiger partial charge in [0.25, 0.3) is 5.91 Å². The van der Waals surface area contributed by atoms with Crippen molar-refractivity contribution in [3.8, 4) is 11.3 Å². The van der Waals surface area contributed by atoms with Crippen LogP contribution >= 0.6 is 0 Å². The van der Waals surface area contributed by atoms with E-state index in [1.165, 1.54) is 18.4 Å². The molecule has 1 aromatic carbocycles. The van der Waals surface area contributed by atoms with Crippen LogP contribution in [-0.2, 0) is 6.42 Å². The van der Waals surface area contributed by atoms with Gasteiger partial charge in [0.2, 0.25) is 0 Å². The number of amides is 1. The summed E-state index contributed by atoms with van der Waals surface area (Å²) < 4.78 is 0. The third kappa shape index (κ3) is 4.15. The van der Waals surface area contributed by atoms with Crippen LogP contribution in [0.4, 0.5) is 0 Å². The largest absolute Gasteiger partial charge is 0.335 e. The normalized spacial score (nSPS) is 16.7. The maximum atomic E-state index is 12.8. The minimum Gasteiger partial charge on any atom is -0.335 e. The topological polar surface area (TPSA) is 52.2 Å². The number of aromatic nitrogens is 2. The van der Waals surface area contributed by atoms with Crippen LogP contribution in [0.3, 0.4) is 0 Å². The lowest BCUT2D eigenvalue weighted by molar-refractivity contribution is 0.0569. The molecule has 0 saturated carbocycles. The summed E-state index contributed by atoms with van der Waals surface area (Å²) in [5.74, 6) is 0.0525. The van der Waals surface area contributed by atoms with Crippen molar-refractivity contribution in [2.24, 2.45) is 0 Å². The number of benzene rings is 1. The molecule has 26 heavy (non-hydrogen) atoms. The SMILES string of the molecule is CCC[C@@H](C)N1CCN(C(=O)c2cc(-c3ccc(CC)cc3)n[nH]2)CC1. The Morgan fingerprint density at radius 1 is 1.15 bits per heavy atom. The van der Waals surface area contributed by atoms with Gasteiger partial charge in [0.1, 0.15) is 5.69 Å². The van der Waals surface area contributed by atoms with Gasteiger partial charge in [-0.3, -0.25) is 14.8 Å². The van der Waals surface area contributed by atoms with Crippen molar-refractivity contribution in [2.75, 3.05) is 26.2 Å². The molecule has 2 heterocycles. The zero-order valence-electron chi connectivity index (χ0n) is 16.2. The van der Waals surface area contributed by atoms with Gasteiger partial charge in [0.15, 0.2) is 0 Å². The maximum Gasteiger partial charge on any atom is 0.271 e. The lowest BCUT2D eigenvalue weighted by atomic mass is 10.1. The van der Waals surface area contributed by atoms with Crippen LogP contribution in [0.15, 0.2) is 30.3 Å². The zero-order chi connectivity index (χ0) is 18.5. The van der Waals surface area contributed by atoms with Gasteiger partial charge in [-0.05, 0) is 31.4 Å². The number of hydrogen-bond acceptors (Lipinski definition) is 3. The van der Waals surface area contributed by atoms with E-state index in [4.69, 9.17) is 0 Å². The second-order valence-electron chi connectivity index (χ2n) is 7.18. The average Bonchev–Trinajstić information content (AvgIpc) is 3.18. The van der Waals surface area contributed by atoms with Crippen molar-refractivity contribution in [3.63, 3.8) is 0 Å². The summed E-state index contributed by atoms with van der Waals surface area (Å²) in [5.41, 5.74) is 3.74. The van der Waals surface area contributed by atoms with Gasteiger partial charge < -0.3 is 4.90 Å². The summed E-state index contributed by atoms with van der Waals surface area (Å²) in [5, 5.41) is 7.27. The molecule has 0 spiro atoms. The van der Waals surface area contributed by atoms with Crippen molar-refractivity contribution in [1.82, 2.24) is 20.0 Å². The molecular formula is C21H30N4O. The summed E-state index contributed by atoms with van der Waals surface area (Å²) in [6, 6.07) is 10.8. The molecular weight excluding hydrogens is 324 g/mol. The van der Waals surface area contributed by atoms with E-state index >= 15 is 0 Å². The van der Waals surface area contributed by atoms with Gasteiger partial charge in [-0.15, -0.1) is 0 Å².